The van der Waals surface area contributed by atoms with E-state index in [9.17, 15) is 4.79 Å². The Morgan fingerprint density at radius 3 is 2.45 bits per heavy atom. The van der Waals surface area contributed by atoms with Crippen molar-refractivity contribution in [3.05, 3.63) is 72.1 Å². The summed E-state index contributed by atoms with van der Waals surface area (Å²) in [7, 11) is 0. The van der Waals surface area contributed by atoms with E-state index in [4.69, 9.17) is 0 Å². The molecule has 1 saturated heterocycles. The van der Waals surface area contributed by atoms with Crippen molar-refractivity contribution in [3.63, 3.8) is 0 Å². The first-order chi connectivity index (χ1) is 14.2. The van der Waals surface area contributed by atoms with Gasteiger partial charge in [0.25, 0.3) is 5.91 Å². The summed E-state index contributed by atoms with van der Waals surface area (Å²) in [5.41, 5.74) is 2.07. The Morgan fingerprint density at radius 2 is 1.72 bits per heavy atom. The number of amides is 1. The lowest BCUT2D eigenvalue weighted by Gasteiger charge is -2.36. The molecule has 1 fully saturated rings. The number of carbonyl (C=O) groups excluding carboxylic acids is 1. The third-order valence-corrected chi connectivity index (χ3v) is 4.87. The number of piperazine rings is 1. The van der Waals surface area contributed by atoms with Gasteiger partial charge in [0.2, 0.25) is 0 Å². The molecule has 4 heterocycles. The summed E-state index contributed by atoms with van der Waals surface area (Å²) < 4.78 is 0. The molecule has 1 aliphatic heterocycles. The summed E-state index contributed by atoms with van der Waals surface area (Å²) in [6, 6.07) is 9.85. The van der Waals surface area contributed by atoms with Crippen molar-refractivity contribution < 1.29 is 4.79 Å². The van der Waals surface area contributed by atoms with Crippen molar-refractivity contribution in [2.45, 2.75) is 13.5 Å². The average molecular weight is 389 g/mol. The summed E-state index contributed by atoms with van der Waals surface area (Å²) in [6.45, 7) is 5.66. The van der Waals surface area contributed by atoms with Crippen LogP contribution in [0.4, 0.5) is 11.6 Å². The van der Waals surface area contributed by atoms with Crippen LogP contribution in [0.1, 0.15) is 21.7 Å². The fraction of sp³-hybridized carbons (Fsp3) is 0.286. The zero-order valence-electron chi connectivity index (χ0n) is 16.3. The van der Waals surface area contributed by atoms with Crippen LogP contribution in [0, 0.1) is 6.92 Å². The molecule has 4 rings (SSSR count). The molecule has 0 saturated carbocycles. The lowest BCUT2D eigenvalue weighted by atomic mass is 10.2. The molecule has 0 aliphatic carbocycles. The first-order valence-corrected chi connectivity index (χ1v) is 9.62. The van der Waals surface area contributed by atoms with Gasteiger partial charge in [-0.25, -0.2) is 15.0 Å². The highest BCUT2D eigenvalue weighted by atomic mass is 16.1. The van der Waals surface area contributed by atoms with Gasteiger partial charge in [-0.15, -0.1) is 0 Å². The second-order valence-electron chi connectivity index (χ2n) is 6.87. The smallest absolute Gasteiger partial charge is 0.271 e. The molecule has 8 heteroatoms. The number of pyridine rings is 2. The second kappa shape index (κ2) is 8.64. The van der Waals surface area contributed by atoms with Gasteiger partial charge in [-0.1, -0.05) is 12.1 Å². The molecule has 148 valence electrons. The molecule has 3 aromatic rings. The molecule has 0 bridgehead atoms. The fourth-order valence-electron chi connectivity index (χ4n) is 3.32. The molecule has 0 radical (unpaired) electrons. The highest BCUT2D eigenvalue weighted by Crippen LogP contribution is 2.21. The van der Waals surface area contributed by atoms with E-state index in [1.807, 2.05) is 43.5 Å². The fourth-order valence-corrected chi connectivity index (χ4v) is 3.32. The van der Waals surface area contributed by atoms with E-state index >= 15 is 0 Å². The molecule has 0 spiro atoms. The summed E-state index contributed by atoms with van der Waals surface area (Å²) in [5, 5.41) is 2.92. The largest absolute Gasteiger partial charge is 0.353 e. The summed E-state index contributed by atoms with van der Waals surface area (Å²) in [5.74, 6) is 1.66. The van der Waals surface area contributed by atoms with Crippen LogP contribution in [0.5, 0.6) is 0 Å². The monoisotopic (exact) mass is 389 g/mol. The van der Waals surface area contributed by atoms with Crippen LogP contribution < -0.4 is 15.1 Å². The van der Waals surface area contributed by atoms with Gasteiger partial charge < -0.3 is 15.1 Å². The van der Waals surface area contributed by atoms with Crippen molar-refractivity contribution in [1.29, 1.82) is 0 Å². The number of nitrogens with one attached hydrogen (secondary N) is 1. The Morgan fingerprint density at radius 1 is 0.931 bits per heavy atom. The van der Waals surface area contributed by atoms with Crippen molar-refractivity contribution in [2.24, 2.45) is 0 Å². The summed E-state index contributed by atoms with van der Waals surface area (Å²) in [4.78, 5) is 34.1. The molecule has 1 amide bonds. The third kappa shape index (κ3) is 4.48. The molecule has 0 unspecified atom stereocenters. The highest BCUT2D eigenvalue weighted by Gasteiger charge is 2.21. The first-order valence-electron chi connectivity index (χ1n) is 9.62. The minimum Gasteiger partial charge on any atom is -0.353 e. The summed E-state index contributed by atoms with van der Waals surface area (Å²) >= 11 is 0. The zero-order valence-corrected chi connectivity index (χ0v) is 16.3. The van der Waals surface area contributed by atoms with E-state index < -0.39 is 0 Å². The van der Waals surface area contributed by atoms with E-state index in [-0.39, 0.29) is 5.91 Å². The minimum atomic E-state index is -0.243. The maximum Gasteiger partial charge on any atom is 0.271 e. The maximum absolute atomic E-state index is 12.4. The van der Waals surface area contributed by atoms with Gasteiger partial charge in [0.05, 0.1) is 11.9 Å². The molecular formula is C21H23N7O. The summed E-state index contributed by atoms with van der Waals surface area (Å²) in [6.07, 6.45) is 6.69. The van der Waals surface area contributed by atoms with Gasteiger partial charge in [-0.3, -0.25) is 9.78 Å². The molecule has 3 aromatic heterocycles. The van der Waals surface area contributed by atoms with Gasteiger partial charge in [0.15, 0.2) is 0 Å². The van der Waals surface area contributed by atoms with E-state index in [2.05, 4.69) is 35.1 Å². The molecule has 1 N–H and O–H groups in total. The quantitative estimate of drug-likeness (QED) is 0.712. The predicted molar refractivity (Wildman–Crippen MR) is 111 cm³/mol. The lowest BCUT2D eigenvalue weighted by Crippen LogP contribution is -2.47. The van der Waals surface area contributed by atoms with Crippen LogP contribution in [-0.4, -0.2) is 52.0 Å². The van der Waals surface area contributed by atoms with E-state index in [0.717, 1.165) is 49.1 Å². The number of aryl methyl sites for hydroxylation is 1. The number of hydrogen-bond donors (Lipinski definition) is 1. The number of aromatic nitrogens is 4. The highest BCUT2D eigenvalue weighted by molar-refractivity contribution is 5.91. The van der Waals surface area contributed by atoms with Crippen LogP contribution in [0.2, 0.25) is 0 Å². The Bertz CT molecular complexity index is 954. The number of rotatable bonds is 5. The number of anilines is 2. The molecule has 0 atom stereocenters. The van der Waals surface area contributed by atoms with Crippen molar-refractivity contribution in [2.75, 3.05) is 36.0 Å². The molecule has 8 nitrogen and oxygen atoms in total. The maximum atomic E-state index is 12.4. The third-order valence-electron chi connectivity index (χ3n) is 4.87. The molecule has 0 aromatic carbocycles. The van der Waals surface area contributed by atoms with Crippen LogP contribution in [0.15, 0.2) is 55.1 Å². The number of nitrogens with zero attached hydrogens (tertiary/aromatic N) is 6. The normalized spacial score (nSPS) is 14.0. The van der Waals surface area contributed by atoms with E-state index in [1.54, 1.807) is 12.4 Å². The minimum absolute atomic E-state index is 0.243. The predicted octanol–water partition coefficient (Wildman–Crippen LogP) is 1.83. The van der Waals surface area contributed by atoms with Crippen molar-refractivity contribution in [3.8, 4) is 0 Å². The van der Waals surface area contributed by atoms with Crippen molar-refractivity contribution >= 4 is 17.5 Å². The molecular weight excluding hydrogens is 366 g/mol. The van der Waals surface area contributed by atoms with E-state index in [0.29, 0.717) is 12.2 Å². The topological polar surface area (TPSA) is 87.1 Å². The Kier molecular flexibility index (Phi) is 5.60. The van der Waals surface area contributed by atoms with Crippen LogP contribution >= 0.6 is 0 Å². The lowest BCUT2D eigenvalue weighted by molar-refractivity contribution is 0.0945. The van der Waals surface area contributed by atoms with Crippen LogP contribution in [-0.2, 0) is 6.54 Å². The van der Waals surface area contributed by atoms with Gasteiger partial charge >= 0.3 is 0 Å². The molecule has 1 aliphatic rings. The van der Waals surface area contributed by atoms with Crippen LogP contribution in [0.25, 0.3) is 0 Å². The van der Waals surface area contributed by atoms with Crippen molar-refractivity contribution in [1.82, 2.24) is 25.3 Å². The Labute approximate surface area is 169 Å². The van der Waals surface area contributed by atoms with Gasteiger partial charge in [-0.05, 0) is 25.1 Å². The Hall–Kier alpha value is -3.55. The second-order valence-corrected chi connectivity index (χ2v) is 6.87. The first kappa shape index (κ1) is 18.8. The van der Waals surface area contributed by atoms with Crippen LogP contribution in [0.3, 0.4) is 0 Å². The average Bonchev–Trinajstić information content (AvgIpc) is 2.79. The number of carbonyl (C=O) groups is 1. The van der Waals surface area contributed by atoms with Gasteiger partial charge in [-0.2, -0.15) is 0 Å². The Balaban J connectivity index is 1.40. The standard InChI is InChI=1S/C21H23N7O/c1-16-13-25-18(15-24-16)21(29)26-14-17-5-4-8-23-20(17)28-11-9-27(10-12-28)19-6-2-3-7-22-19/h2-8,13,15H,9-12,14H2,1H3,(H,26,29). The van der Waals surface area contributed by atoms with E-state index in [1.165, 1.54) is 6.20 Å². The van der Waals surface area contributed by atoms with Gasteiger partial charge in [0, 0.05) is 56.9 Å². The number of hydrogen-bond acceptors (Lipinski definition) is 7. The SMILES string of the molecule is Cc1cnc(C(=O)NCc2cccnc2N2CCN(c3ccccn3)CC2)cn1. The zero-order chi connectivity index (χ0) is 20.1. The van der Waals surface area contributed by atoms with Gasteiger partial charge in [0.1, 0.15) is 17.3 Å². The molecule has 29 heavy (non-hydrogen) atoms.